The lowest BCUT2D eigenvalue weighted by Gasteiger charge is -2.04. The van der Waals surface area contributed by atoms with Crippen molar-refractivity contribution in [2.75, 3.05) is 6.61 Å². The van der Waals surface area contributed by atoms with Gasteiger partial charge in [0, 0.05) is 12.3 Å². The summed E-state index contributed by atoms with van der Waals surface area (Å²) in [6.45, 7) is 3.96. The number of aromatic amines is 1. The minimum Gasteiger partial charge on any atom is -0.396 e. The maximum atomic E-state index is 11.5. The van der Waals surface area contributed by atoms with Crippen LogP contribution < -0.4 is 5.56 Å². The minimum atomic E-state index is -0.124. The zero-order chi connectivity index (χ0) is 10.6. The normalized spacial score (nSPS) is 10.5. The second-order valence-corrected chi connectivity index (χ2v) is 3.26. The molecule has 0 amide bonds. The number of aliphatic hydroxyl groups is 1. The first-order valence-electron chi connectivity index (χ1n) is 4.88. The van der Waals surface area contributed by atoms with Crippen LogP contribution >= 0.6 is 0 Å². The van der Waals surface area contributed by atoms with E-state index >= 15 is 0 Å². The summed E-state index contributed by atoms with van der Waals surface area (Å²) < 4.78 is 0. The molecule has 0 saturated carbocycles. The first kappa shape index (κ1) is 10.9. The van der Waals surface area contributed by atoms with Gasteiger partial charge in [-0.1, -0.05) is 6.92 Å². The van der Waals surface area contributed by atoms with Crippen molar-refractivity contribution in [3.63, 3.8) is 0 Å². The highest BCUT2D eigenvalue weighted by molar-refractivity contribution is 5.12. The lowest BCUT2D eigenvalue weighted by atomic mass is 10.2. The summed E-state index contributed by atoms with van der Waals surface area (Å²) in [7, 11) is 0. The van der Waals surface area contributed by atoms with E-state index in [1.54, 1.807) is 0 Å². The van der Waals surface area contributed by atoms with Crippen LogP contribution in [-0.4, -0.2) is 21.7 Å². The Morgan fingerprint density at radius 2 is 2.21 bits per heavy atom. The minimum absolute atomic E-state index is 0.0930. The van der Waals surface area contributed by atoms with Crippen LogP contribution in [0.25, 0.3) is 0 Å². The molecule has 1 heterocycles. The SMILES string of the molecule is CCc1[nH]c(=O)c(CCCO)nc1C. The fourth-order valence-electron chi connectivity index (χ4n) is 1.38. The van der Waals surface area contributed by atoms with Crippen LogP contribution in [0.2, 0.25) is 0 Å². The standard InChI is InChI=1S/C10H16N2O2/c1-3-8-7(2)11-9(5-4-6-13)10(14)12-8/h13H,3-6H2,1-2H3,(H,12,14). The Labute approximate surface area is 83.0 Å². The van der Waals surface area contributed by atoms with E-state index in [9.17, 15) is 4.79 Å². The molecule has 1 aromatic heterocycles. The van der Waals surface area contributed by atoms with E-state index in [1.807, 2.05) is 13.8 Å². The van der Waals surface area contributed by atoms with Gasteiger partial charge in [-0.3, -0.25) is 9.78 Å². The predicted molar refractivity (Wildman–Crippen MR) is 54.4 cm³/mol. The third-order valence-electron chi connectivity index (χ3n) is 2.19. The van der Waals surface area contributed by atoms with Gasteiger partial charge in [0.1, 0.15) is 5.69 Å². The average Bonchev–Trinajstić information content (AvgIpc) is 2.18. The number of hydrogen-bond donors (Lipinski definition) is 2. The van der Waals surface area contributed by atoms with Gasteiger partial charge < -0.3 is 10.1 Å². The molecular weight excluding hydrogens is 180 g/mol. The zero-order valence-electron chi connectivity index (χ0n) is 8.63. The van der Waals surface area contributed by atoms with Crippen LogP contribution in [0.4, 0.5) is 0 Å². The van der Waals surface area contributed by atoms with E-state index in [1.165, 1.54) is 0 Å². The zero-order valence-corrected chi connectivity index (χ0v) is 8.63. The molecule has 4 nitrogen and oxygen atoms in total. The van der Waals surface area contributed by atoms with Crippen molar-refractivity contribution in [1.82, 2.24) is 9.97 Å². The molecule has 4 heteroatoms. The van der Waals surface area contributed by atoms with E-state index in [-0.39, 0.29) is 12.2 Å². The molecule has 0 fully saturated rings. The van der Waals surface area contributed by atoms with E-state index in [2.05, 4.69) is 9.97 Å². The summed E-state index contributed by atoms with van der Waals surface area (Å²) in [5.41, 5.74) is 2.16. The number of aromatic nitrogens is 2. The molecule has 0 aliphatic rings. The molecule has 14 heavy (non-hydrogen) atoms. The number of nitrogens with zero attached hydrogens (tertiary/aromatic N) is 1. The Morgan fingerprint density at radius 1 is 1.50 bits per heavy atom. The number of nitrogens with one attached hydrogen (secondary N) is 1. The quantitative estimate of drug-likeness (QED) is 0.739. The molecule has 0 aliphatic heterocycles. The molecule has 0 bridgehead atoms. The fourth-order valence-corrected chi connectivity index (χ4v) is 1.38. The molecule has 1 rings (SSSR count). The third kappa shape index (κ3) is 2.42. The van der Waals surface area contributed by atoms with Crippen LogP contribution in [0.5, 0.6) is 0 Å². The second kappa shape index (κ2) is 4.91. The lowest BCUT2D eigenvalue weighted by molar-refractivity contribution is 0.288. The maximum absolute atomic E-state index is 11.5. The summed E-state index contributed by atoms with van der Waals surface area (Å²) in [4.78, 5) is 18.5. The monoisotopic (exact) mass is 196 g/mol. The predicted octanol–water partition coefficient (Wildman–Crippen LogP) is 0.566. The molecule has 78 valence electrons. The number of aryl methyl sites for hydroxylation is 3. The van der Waals surface area contributed by atoms with Crippen LogP contribution in [0.15, 0.2) is 4.79 Å². The van der Waals surface area contributed by atoms with Gasteiger partial charge in [0.05, 0.1) is 5.69 Å². The maximum Gasteiger partial charge on any atom is 0.269 e. The first-order chi connectivity index (χ1) is 6.69. The Bertz CT molecular complexity index is 358. The van der Waals surface area contributed by atoms with Crippen molar-refractivity contribution in [3.8, 4) is 0 Å². The van der Waals surface area contributed by atoms with Gasteiger partial charge in [0.2, 0.25) is 0 Å². The van der Waals surface area contributed by atoms with Crippen molar-refractivity contribution < 1.29 is 5.11 Å². The molecule has 0 aromatic carbocycles. The van der Waals surface area contributed by atoms with Crippen LogP contribution in [0.3, 0.4) is 0 Å². The van der Waals surface area contributed by atoms with Gasteiger partial charge in [-0.05, 0) is 26.2 Å². The number of aliphatic hydroxyl groups excluding tert-OH is 1. The summed E-state index contributed by atoms with van der Waals surface area (Å²) in [6.07, 6.45) is 1.91. The number of rotatable bonds is 4. The topological polar surface area (TPSA) is 66.0 Å². The van der Waals surface area contributed by atoms with E-state index < -0.39 is 0 Å². The number of hydrogen-bond acceptors (Lipinski definition) is 3. The highest BCUT2D eigenvalue weighted by atomic mass is 16.2. The van der Waals surface area contributed by atoms with Crippen molar-refractivity contribution in [2.24, 2.45) is 0 Å². The van der Waals surface area contributed by atoms with Crippen molar-refractivity contribution in [1.29, 1.82) is 0 Å². The second-order valence-electron chi connectivity index (χ2n) is 3.26. The molecule has 0 spiro atoms. The van der Waals surface area contributed by atoms with Crippen LogP contribution in [0.1, 0.15) is 30.4 Å². The highest BCUT2D eigenvalue weighted by Crippen LogP contribution is 2.01. The molecule has 0 aliphatic carbocycles. The highest BCUT2D eigenvalue weighted by Gasteiger charge is 2.05. The average molecular weight is 196 g/mol. The molecular formula is C10H16N2O2. The molecule has 0 atom stereocenters. The summed E-state index contributed by atoms with van der Waals surface area (Å²) in [5.74, 6) is 0. The van der Waals surface area contributed by atoms with E-state index in [0.717, 1.165) is 17.8 Å². The van der Waals surface area contributed by atoms with Crippen molar-refractivity contribution in [2.45, 2.75) is 33.1 Å². The first-order valence-corrected chi connectivity index (χ1v) is 4.88. The largest absolute Gasteiger partial charge is 0.396 e. The van der Waals surface area contributed by atoms with Gasteiger partial charge in [0.25, 0.3) is 5.56 Å². The fraction of sp³-hybridized carbons (Fsp3) is 0.600. The lowest BCUT2D eigenvalue weighted by Crippen LogP contribution is -2.19. The van der Waals surface area contributed by atoms with Gasteiger partial charge in [0.15, 0.2) is 0 Å². The van der Waals surface area contributed by atoms with Gasteiger partial charge in [-0.2, -0.15) is 0 Å². The Kier molecular flexibility index (Phi) is 3.83. The summed E-state index contributed by atoms with van der Waals surface area (Å²) in [5, 5.41) is 8.65. The molecule has 1 aromatic rings. The van der Waals surface area contributed by atoms with Gasteiger partial charge in [-0.25, -0.2) is 0 Å². The van der Waals surface area contributed by atoms with E-state index in [4.69, 9.17) is 5.11 Å². The van der Waals surface area contributed by atoms with E-state index in [0.29, 0.717) is 18.5 Å². The Morgan fingerprint density at radius 3 is 2.79 bits per heavy atom. The third-order valence-corrected chi connectivity index (χ3v) is 2.19. The summed E-state index contributed by atoms with van der Waals surface area (Å²) in [6, 6.07) is 0. The van der Waals surface area contributed by atoms with Crippen LogP contribution in [0, 0.1) is 6.92 Å². The molecule has 0 saturated heterocycles. The number of H-pyrrole nitrogens is 1. The molecule has 2 N–H and O–H groups in total. The van der Waals surface area contributed by atoms with Gasteiger partial charge in [-0.15, -0.1) is 0 Å². The smallest absolute Gasteiger partial charge is 0.269 e. The van der Waals surface area contributed by atoms with Crippen molar-refractivity contribution in [3.05, 3.63) is 27.4 Å². The molecule has 0 unspecified atom stereocenters. The summed E-state index contributed by atoms with van der Waals surface area (Å²) >= 11 is 0. The van der Waals surface area contributed by atoms with Gasteiger partial charge >= 0.3 is 0 Å². The molecule has 0 radical (unpaired) electrons. The Hall–Kier alpha value is -1.16. The van der Waals surface area contributed by atoms with Crippen molar-refractivity contribution >= 4 is 0 Å². The Balaban J connectivity index is 2.97. The van der Waals surface area contributed by atoms with Crippen LogP contribution in [-0.2, 0) is 12.8 Å².